The van der Waals surface area contributed by atoms with Crippen LogP contribution in [0.5, 0.6) is 11.5 Å². The van der Waals surface area contributed by atoms with Gasteiger partial charge in [0, 0.05) is 74.6 Å². The van der Waals surface area contributed by atoms with E-state index in [1.54, 1.807) is 6.07 Å². The highest BCUT2D eigenvalue weighted by Gasteiger charge is 2.45. The molecule has 11 nitrogen and oxygen atoms in total. The number of ether oxygens (including phenoxy) is 2. The van der Waals surface area contributed by atoms with E-state index in [9.17, 15) is 31.6 Å². The highest BCUT2D eigenvalue weighted by atomic mass is 32.2. The second kappa shape index (κ2) is 14.1. The number of nitrogens with one attached hydrogen (secondary N) is 1. The van der Waals surface area contributed by atoms with Gasteiger partial charge >= 0.3 is 6.61 Å². The molecule has 16 heteroatoms. The number of hydrogen-bond acceptors (Lipinski definition) is 8. The Labute approximate surface area is 267 Å². The fourth-order valence-electron chi connectivity index (χ4n) is 5.78. The van der Waals surface area contributed by atoms with Crippen LogP contribution in [0.4, 0.5) is 23.2 Å². The average molecular weight is 681 g/mol. The standard InChI is InChI=1S/C31H32F4N4O7S/c1-45-21-15-24(32)27(25(33)16-21)23-18-39(26-3-2-8-38(30(26)42)10-9-37-11-13-47(43,44)14-12-37)29(41)22(23)17-36-28(40)19-4-6-20(7-5-19)46-31(34)35/h2-8,15-16,22-23,31H,9-14,17-18H2,1H3,(H,36,40)/t22?,23-/m1/s1. The lowest BCUT2D eigenvalue weighted by Crippen LogP contribution is -2.42. The van der Waals surface area contributed by atoms with Gasteiger partial charge in [0.25, 0.3) is 11.5 Å². The van der Waals surface area contributed by atoms with Gasteiger partial charge in [-0.3, -0.25) is 19.3 Å². The number of halogens is 4. The Bertz CT molecular complexity index is 1770. The Kier molecular flexibility index (Phi) is 10.2. The molecule has 2 fully saturated rings. The van der Waals surface area contributed by atoms with Gasteiger partial charge in [-0.1, -0.05) is 0 Å². The van der Waals surface area contributed by atoms with Crippen molar-refractivity contribution in [2.75, 3.05) is 56.2 Å². The molecular weight excluding hydrogens is 648 g/mol. The Balaban J connectivity index is 1.39. The van der Waals surface area contributed by atoms with Crippen molar-refractivity contribution in [3.63, 3.8) is 0 Å². The number of pyridine rings is 1. The predicted molar refractivity (Wildman–Crippen MR) is 163 cm³/mol. The number of sulfone groups is 1. The molecule has 0 aliphatic carbocycles. The number of nitrogens with zero attached hydrogens (tertiary/aromatic N) is 3. The van der Waals surface area contributed by atoms with E-state index >= 15 is 8.78 Å². The summed E-state index contributed by atoms with van der Waals surface area (Å²) >= 11 is 0. The number of carbonyl (C=O) groups is 2. The number of anilines is 1. The van der Waals surface area contributed by atoms with E-state index in [0.717, 1.165) is 17.0 Å². The molecule has 1 unspecified atom stereocenters. The van der Waals surface area contributed by atoms with Gasteiger partial charge in [0.2, 0.25) is 5.91 Å². The summed E-state index contributed by atoms with van der Waals surface area (Å²) in [5.41, 5.74) is -0.910. The van der Waals surface area contributed by atoms with Crippen molar-refractivity contribution in [1.29, 1.82) is 0 Å². The molecule has 3 aromatic rings. The Morgan fingerprint density at radius 1 is 1.00 bits per heavy atom. The Hall–Kier alpha value is -4.44. The summed E-state index contributed by atoms with van der Waals surface area (Å²) in [7, 11) is -1.83. The van der Waals surface area contributed by atoms with Gasteiger partial charge in [0.05, 0.1) is 24.5 Å². The van der Waals surface area contributed by atoms with Gasteiger partial charge in [0.1, 0.15) is 28.8 Å². The molecule has 2 aromatic carbocycles. The largest absolute Gasteiger partial charge is 0.497 e. The molecule has 1 N–H and O–H groups in total. The van der Waals surface area contributed by atoms with E-state index in [2.05, 4.69) is 10.1 Å². The lowest BCUT2D eigenvalue weighted by atomic mass is 9.87. The lowest BCUT2D eigenvalue weighted by Gasteiger charge is -2.26. The van der Waals surface area contributed by atoms with E-state index in [4.69, 9.17) is 4.74 Å². The van der Waals surface area contributed by atoms with Gasteiger partial charge in [-0.25, -0.2) is 17.2 Å². The van der Waals surface area contributed by atoms with Crippen molar-refractivity contribution in [3.8, 4) is 11.5 Å². The van der Waals surface area contributed by atoms with Gasteiger partial charge in [-0.15, -0.1) is 0 Å². The summed E-state index contributed by atoms with van der Waals surface area (Å²) < 4.78 is 89.8. The number of hydrogen-bond donors (Lipinski definition) is 1. The van der Waals surface area contributed by atoms with Crippen molar-refractivity contribution in [2.24, 2.45) is 5.92 Å². The normalized spacial score (nSPS) is 19.6. The van der Waals surface area contributed by atoms with Crippen LogP contribution in [0, 0.1) is 17.6 Å². The predicted octanol–water partition coefficient (Wildman–Crippen LogP) is 2.64. The first-order valence-corrected chi connectivity index (χ1v) is 16.5. The van der Waals surface area contributed by atoms with E-state index in [1.165, 1.54) is 48.2 Å². The molecule has 0 radical (unpaired) electrons. The molecular formula is C31H32F4N4O7S. The van der Waals surface area contributed by atoms with E-state index in [0.29, 0.717) is 19.6 Å². The Morgan fingerprint density at radius 2 is 1.66 bits per heavy atom. The zero-order chi connectivity index (χ0) is 33.9. The fraction of sp³-hybridized carbons (Fsp3) is 0.387. The highest BCUT2D eigenvalue weighted by Crippen LogP contribution is 2.39. The van der Waals surface area contributed by atoms with Crippen LogP contribution in [0.1, 0.15) is 21.8 Å². The third-order valence-electron chi connectivity index (χ3n) is 8.32. The monoisotopic (exact) mass is 680 g/mol. The van der Waals surface area contributed by atoms with Crippen LogP contribution in [0.2, 0.25) is 0 Å². The highest BCUT2D eigenvalue weighted by molar-refractivity contribution is 7.91. The third-order valence-corrected chi connectivity index (χ3v) is 9.93. The van der Waals surface area contributed by atoms with Gasteiger partial charge in [0.15, 0.2) is 9.84 Å². The number of amides is 2. The van der Waals surface area contributed by atoms with Crippen LogP contribution in [0.15, 0.2) is 59.5 Å². The van der Waals surface area contributed by atoms with Crippen LogP contribution in [0.25, 0.3) is 0 Å². The molecule has 0 bridgehead atoms. The zero-order valence-electron chi connectivity index (χ0n) is 25.2. The first kappa shape index (κ1) is 33.9. The smallest absolute Gasteiger partial charge is 0.387 e. The van der Waals surface area contributed by atoms with E-state index < -0.39 is 62.9 Å². The molecule has 3 heterocycles. The molecule has 2 aliphatic heterocycles. The number of carbonyl (C=O) groups excluding carboxylic acids is 2. The van der Waals surface area contributed by atoms with Crippen molar-refractivity contribution in [2.45, 2.75) is 19.1 Å². The number of aromatic nitrogens is 1. The summed E-state index contributed by atoms with van der Waals surface area (Å²) in [6, 6.07) is 9.76. The summed E-state index contributed by atoms with van der Waals surface area (Å²) in [6.45, 7) is -2.42. The van der Waals surface area contributed by atoms with Gasteiger partial charge in [-0.05, 0) is 36.4 Å². The first-order chi connectivity index (χ1) is 22.4. The number of benzene rings is 2. The molecule has 2 aliphatic rings. The Morgan fingerprint density at radius 3 is 2.28 bits per heavy atom. The topological polar surface area (TPSA) is 127 Å². The second-order valence-electron chi connectivity index (χ2n) is 11.2. The van der Waals surface area contributed by atoms with Crippen LogP contribution in [-0.4, -0.2) is 87.6 Å². The number of methoxy groups -OCH3 is 1. The number of alkyl halides is 2. The minimum Gasteiger partial charge on any atom is -0.497 e. The fourth-order valence-corrected chi connectivity index (χ4v) is 7.06. The zero-order valence-corrected chi connectivity index (χ0v) is 26.0. The lowest BCUT2D eigenvalue weighted by molar-refractivity contribution is -0.120. The van der Waals surface area contributed by atoms with E-state index in [-0.39, 0.29) is 53.9 Å². The molecule has 2 atom stereocenters. The van der Waals surface area contributed by atoms with Gasteiger partial charge < -0.3 is 24.3 Å². The molecule has 2 saturated heterocycles. The van der Waals surface area contributed by atoms with E-state index in [1.807, 2.05) is 4.90 Å². The van der Waals surface area contributed by atoms with Crippen LogP contribution >= 0.6 is 0 Å². The molecule has 47 heavy (non-hydrogen) atoms. The van der Waals surface area contributed by atoms with Crippen LogP contribution in [0.3, 0.4) is 0 Å². The SMILES string of the molecule is COc1cc(F)c([C@@H]2CN(c3cccn(CCN4CCS(=O)(=O)CC4)c3=O)C(=O)C2CNC(=O)c2ccc(OC(F)F)cc2)c(F)c1. The van der Waals surface area contributed by atoms with Crippen molar-refractivity contribution in [1.82, 2.24) is 14.8 Å². The van der Waals surface area contributed by atoms with Crippen LogP contribution < -0.4 is 25.2 Å². The molecule has 2 amide bonds. The summed E-state index contributed by atoms with van der Waals surface area (Å²) in [5, 5.41) is 2.58. The summed E-state index contributed by atoms with van der Waals surface area (Å²) in [5.74, 6) is -5.78. The molecule has 252 valence electrons. The average Bonchev–Trinajstić information content (AvgIpc) is 3.34. The summed E-state index contributed by atoms with van der Waals surface area (Å²) in [6.07, 6.45) is 1.53. The summed E-state index contributed by atoms with van der Waals surface area (Å²) in [4.78, 5) is 43.4. The quantitative estimate of drug-likeness (QED) is 0.307. The molecule has 0 saturated carbocycles. The second-order valence-corrected chi connectivity index (χ2v) is 13.5. The van der Waals surface area contributed by atoms with Crippen LogP contribution in [-0.2, 0) is 21.2 Å². The maximum absolute atomic E-state index is 15.3. The first-order valence-electron chi connectivity index (χ1n) is 14.7. The number of rotatable bonds is 11. The van der Waals surface area contributed by atoms with Gasteiger partial charge in [-0.2, -0.15) is 8.78 Å². The maximum Gasteiger partial charge on any atom is 0.387 e. The molecule has 1 aromatic heterocycles. The van der Waals surface area contributed by atoms with Crippen molar-refractivity contribution in [3.05, 3.63) is 87.8 Å². The van der Waals surface area contributed by atoms with Crippen molar-refractivity contribution < 1.29 is 45.0 Å². The van der Waals surface area contributed by atoms with Crippen molar-refractivity contribution >= 4 is 27.3 Å². The molecule has 5 rings (SSSR count). The minimum absolute atomic E-state index is 0.0264. The maximum atomic E-state index is 15.3. The minimum atomic E-state index is -3.08. The third kappa shape index (κ3) is 7.76. The molecule has 0 spiro atoms.